The molecular weight excluding hydrogens is 451 g/mol. The van der Waals surface area contributed by atoms with Gasteiger partial charge in [-0.15, -0.1) is 0 Å². The number of aromatic nitrogens is 4. The maximum absolute atomic E-state index is 13.3. The molecule has 0 saturated heterocycles. The van der Waals surface area contributed by atoms with Crippen molar-refractivity contribution in [1.82, 2.24) is 18.7 Å². The lowest BCUT2D eigenvalue weighted by Gasteiger charge is -2.12. The molecule has 0 atom stereocenters. The summed E-state index contributed by atoms with van der Waals surface area (Å²) in [5, 5.41) is 0.989. The third-order valence-corrected chi connectivity index (χ3v) is 6.07. The van der Waals surface area contributed by atoms with E-state index in [1.807, 2.05) is 0 Å². The second-order valence-electron chi connectivity index (χ2n) is 7.93. The highest BCUT2D eigenvalue weighted by atomic mass is 35.5. The van der Waals surface area contributed by atoms with Crippen molar-refractivity contribution >= 4 is 40.1 Å². The van der Waals surface area contributed by atoms with Crippen molar-refractivity contribution < 1.29 is 4.79 Å². The van der Waals surface area contributed by atoms with Gasteiger partial charge in [0.1, 0.15) is 0 Å². The average Bonchev–Trinajstić information content (AvgIpc) is 3.50. The van der Waals surface area contributed by atoms with Gasteiger partial charge in [-0.25, -0.2) is 14.3 Å². The van der Waals surface area contributed by atoms with Gasteiger partial charge in [0.2, 0.25) is 0 Å². The first-order chi connectivity index (χ1) is 15.4. The van der Waals surface area contributed by atoms with Crippen LogP contribution in [0.4, 0.5) is 0 Å². The molecule has 1 aliphatic rings. The van der Waals surface area contributed by atoms with Crippen LogP contribution >= 0.6 is 23.2 Å². The van der Waals surface area contributed by atoms with Gasteiger partial charge in [-0.3, -0.25) is 14.2 Å². The third kappa shape index (κ3) is 3.78. The van der Waals surface area contributed by atoms with E-state index in [9.17, 15) is 14.4 Å². The number of hydrogen-bond donors (Lipinski definition) is 0. The van der Waals surface area contributed by atoms with E-state index < -0.39 is 11.2 Å². The highest BCUT2D eigenvalue weighted by Gasteiger charge is 2.26. The van der Waals surface area contributed by atoms with E-state index >= 15 is 0 Å². The van der Waals surface area contributed by atoms with Crippen molar-refractivity contribution in [2.24, 2.45) is 5.92 Å². The number of fused-ring (bicyclic) bond motifs is 1. The van der Waals surface area contributed by atoms with Crippen LogP contribution in [0.25, 0.3) is 16.9 Å². The summed E-state index contributed by atoms with van der Waals surface area (Å²) in [7, 11) is 0. The van der Waals surface area contributed by atoms with E-state index in [2.05, 4.69) is 4.98 Å². The van der Waals surface area contributed by atoms with Crippen LogP contribution in [0.2, 0.25) is 10.0 Å². The molecule has 2 aromatic carbocycles. The molecule has 1 saturated carbocycles. The molecule has 0 spiro atoms. The van der Waals surface area contributed by atoms with Crippen LogP contribution < -0.4 is 11.2 Å². The number of hydrogen-bond acceptors (Lipinski definition) is 4. The molecule has 7 nitrogen and oxygen atoms in total. The zero-order chi connectivity index (χ0) is 22.4. The minimum absolute atomic E-state index is 0.0927. The molecule has 5 rings (SSSR count). The van der Waals surface area contributed by atoms with Gasteiger partial charge in [0.25, 0.3) is 5.56 Å². The minimum Gasteiger partial charge on any atom is -0.317 e. The highest BCUT2D eigenvalue weighted by Crippen LogP contribution is 2.30. The fraction of sp³-hybridized carbons (Fsp3) is 0.217. The molecule has 162 valence electrons. The summed E-state index contributed by atoms with van der Waals surface area (Å²) in [5.41, 5.74) is 0.456. The van der Waals surface area contributed by atoms with Crippen LogP contribution in [0.1, 0.15) is 23.2 Å². The van der Waals surface area contributed by atoms with Crippen LogP contribution in [-0.2, 0) is 13.1 Å². The Morgan fingerprint density at radius 3 is 2.47 bits per heavy atom. The SMILES string of the molecule is O=C(Cn1cnc2c1c(=O)n(CC1CC1)c(=O)n2-c1cccc(Cl)c1)c1ccc(Cl)cc1. The Morgan fingerprint density at radius 1 is 1.03 bits per heavy atom. The summed E-state index contributed by atoms with van der Waals surface area (Å²) in [4.78, 5) is 43.8. The van der Waals surface area contributed by atoms with E-state index in [0.717, 1.165) is 12.8 Å². The monoisotopic (exact) mass is 468 g/mol. The van der Waals surface area contributed by atoms with Crippen LogP contribution in [-0.4, -0.2) is 24.5 Å². The smallest absolute Gasteiger partial charge is 0.317 e. The van der Waals surface area contributed by atoms with Crippen LogP contribution in [0.3, 0.4) is 0 Å². The third-order valence-electron chi connectivity index (χ3n) is 5.58. The molecule has 0 radical (unpaired) electrons. The van der Waals surface area contributed by atoms with Gasteiger partial charge in [-0.1, -0.05) is 29.3 Å². The maximum atomic E-state index is 13.3. The number of carbonyl (C=O) groups is 1. The number of benzene rings is 2. The average molecular weight is 469 g/mol. The molecule has 0 amide bonds. The molecule has 0 N–H and O–H groups in total. The molecule has 32 heavy (non-hydrogen) atoms. The Morgan fingerprint density at radius 2 is 1.78 bits per heavy atom. The summed E-state index contributed by atoms with van der Waals surface area (Å²) in [6, 6.07) is 13.4. The summed E-state index contributed by atoms with van der Waals surface area (Å²) >= 11 is 12.1. The Kier molecular flexibility index (Phi) is 5.23. The fourth-order valence-corrected chi connectivity index (χ4v) is 4.06. The quantitative estimate of drug-likeness (QED) is 0.401. The number of nitrogens with zero attached hydrogens (tertiary/aromatic N) is 4. The van der Waals surface area contributed by atoms with Crippen molar-refractivity contribution in [2.45, 2.75) is 25.9 Å². The summed E-state index contributed by atoms with van der Waals surface area (Å²) in [6.45, 7) is 0.245. The molecule has 2 aromatic heterocycles. The Bertz CT molecular complexity index is 1460. The highest BCUT2D eigenvalue weighted by molar-refractivity contribution is 6.31. The number of rotatable bonds is 6. The maximum Gasteiger partial charge on any atom is 0.337 e. The summed E-state index contributed by atoms with van der Waals surface area (Å²) < 4.78 is 4.12. The lowest BCUT2D eigenvalue weighted by atomic mass is 10.1. The predicted octanol–water partition coefficient (Wildman–Crippen LogP) is 3.95. The lowest BCUT2D eigenvalue weighted by Crippen LogP contribution is -2.40. The standard InChI is InChI=1S/C23H18Cl2N4O3/c24-16-8-6-15(7-9-16)19(30)12-27-13-26-21-20(27)22(31)28(11-14-4-5-14)23(32)29(21)18-3-1-2-17(25)10-18/h1-3,6-10,13-14H,4-5,11-12H2. The lowest BCUT2D eigenvalue weighted by molar-refractivity contribution is 0.0973. The Hall–Kier alpha value is -3.16. The predicted molar refractivity (Wildman–Crippen MR) is 123 cm³/mol. The van der Waals surface area contributed by atoms with Crippen LogP contribution in [0.15, 0.2) is 64.4 Å². The van der Waals surface area contributed by atoms with E-state index in [1.54, 1.807) is 48.5 Å². The molecule has 9 heteroatoms. The van der Waals surface area contributed by atoms with Crippen LogP contribution in [0.5, 0.6) is 0 Å². The van der Waals surface area contributed by atoms with Crippen molar-refractivity contribution in [1.29, 1.82) is 0 Å². The molecule has 1 fully saturated rings. The van der Waals surface area contributed by atoms with Gasteiger partial charge in [0.15, 0.2) is 16.9 Å². The molecule has 0 aliphatic heterocycles. The number of carbonyl (C=O) groups excluding carboxylic acids is 1. The van der Waals surface area contributed by atoms with Crippen molar-refractivity contribution in [3.63, 3.8) is 0 Å². The first kappa shape index (κ1) is 20.7. The van der Waals surface area contributed by atoms with Crippen LogP contribution in [0, 0.1) is 5.92 Å². The van der Waals surface area contributed by atoms with Gasteiger partial charge >= 0.3 is 5.69 Å². The van der Waals surface area contributed by atoms with Gasteiger partial charge < -0.3 is 4.57 Å². The fourth-order valence-electron chi connectivity index (χ4n) is 3.75. The molecule has 4 aromatic rings. The Labute approximate surface area is 192 Å². The Balaban J connectivity index is 1.68. The first-order valence-electron chi connectivity index (χ1n) is 10.2. The number of imidazole rings is 1. The second-order valence-corrected chi connectivity index (χ2v) is 8.80. The zero-order valence-corrected chi connectivity index (χ0v) is 18.4. The summed E-state index contributed by atoms with van der Waals surface area (Å²) in [6.07, 6.45) is 3.38. The zero-order valence-electron chi connectivity index (χ0n) is 16.9. The van der Waals surface area contributed by atoms with Gasteiger partial charge in [0, 0.05) is 22.2 Å². The van der Waals surface area contributed by atoms with Crippen molar-refractivity contribution in [2.75, 3.05) is 0 Å². The van der Waals surface area contributed by atoms with Crippen molar-refractivity contribution in [3.8, 4) is 5.69 Å². The van der Waals surface area contributed by atoms with Gasteiger partial charge in [-0.05, 0) is 61.2 Å². The number of Topliss-reactive ketones (excluding diaryl/α,β-unsaturated/α-hetero) is 1. The molecule has 1 aliphatic carbocycles. The van der Waals surface area contributed by atoms with Gasteiger partial charge in [0.05, 0.1) is 18.6 Å². The molecular formula is C23H18Cl2N4O3. The largest absolute Gasteiger partial charge is 0.337 e. The molecule has 0 unspecified atom stereocenters. The first-order valence-corrected chi connectivity index (χ1v) is 10.9. The van der Waals surface area contributed by atoms with Crippen molar-refractivity contribution in [3.05, 3.63) is 91.3 Å². The van der Waals surface area contributed by atoms with E-state index in [-0.39, 0.29) is 23.5 Å². The van der Waals surface area contributed by atoms with E-state index in [0.29, 0.717) is 33.8 Å². The van der Waals surface area contributed by atoms with Gasteiger partial charge in [-0.2, -0.15) is 0 Å². The summed E-state index contributed by atoms with van der Waals surface area (Å²) in [5.74, 6) is 0.104. The normalized spacial score (nSPS) is 13.6. The minimum atomic E-state index is -0.467. The molecule has 2 heterocycles. The second kappa shape index (κ2) is 8.07. The van der Waals surface area contributed by atoms with E-state index in [1.165, 1.54) is 20.0 Å². The molecule has 0 bridgehead atoms. The number of ketones is 1. The topological polar surface area (TPSA) is 78.9 Å². The number of halogens is 2. The van der Waals surface area contributed by atoms with E-state index in [4.69, 9.17) is 23.2 Å².